The van der Waals surface area contributed by atoms with Gasteiger partial charge in [-0.15, -0.1) is 13.2 Å². The van der Waals surface area contributed by atoms with Gasteiger partial charge in [0.2, 0.25) is 0 Å². The predicted molar refractivity (Wildman–Crippen MR) is 54.5 cm³/mol. The number of hydrogen-bond donors (Lipinski definition) is 1. The van der Waals surface area contributed by atoms with E-state index in [1.807, 2.05) is 0 Å². The first-order valence-electron chi connectivity index (χ1n) is 4.61. The van der Waals surface area contributed by atoms with Crippen molar-refractivity contribution in [3.63, 3.8) is 0 Å². The van der Waals surface area contributed by atoms with Crippen molar-refractivity contribution in [1.29, 1.82) is 0 Å². The number of aromatic nitrogens is 1. The molecule has 108 valence electrons. The molecule has 0 spiro atoms. The van der Waals surface area contributed by atoms with Crippen LogP contribution in [0, 0.1) is 0 Å². The highest BCUT2D eigenvalue weighted by molar-refractivity contribution is 9.08. The number of aliphatic hydroxyl groups excluding tert-OH is 1. The molecule has 0 bridgehead atoms. The third kappa shape index (κ3) is 4.23. The van der Waals surface area contributed by atoms with Crippen molar-refractivity contribution in [1.82, 2.24) is 4.98 Å². The van der Waals surface area contributed by atoms with Gasteiger partial charge in [0.25, 0.3) is 0 Å². The van der Waals surface area contributed by atoms with E-state index in [-0.39, 0.29) is 5.33 Å². The van der Waals surface area contributed by atoms with Gasteiger partial charge in [0.05, 0.1) is 6.61 Å². The average Bonchev–Trinajstić information content (AvgIpc) is 2.24. The second kappa shape index (κ2) is 5.53. The third-order valence-corrected chi connectivity index (χ3v) is 2.53. The van der Waals surface area contributed by atoms with Crippen LogP contribution in [0.3, 0.4) is 0 Å². The van der Waals surface area contributed by atoms with Crippen molar-refractivity contribution in [2.24, 2.45) is 0 Å². The lowest BCUT2D eigenvalue weighted by Crippen LogP contribution is -2.20. The molecule has 19 heavy (non-hydrogen) atoms. The van der Waals surface area contributed by atoms with E-state index >= 15 is 0 Å². The van der Waals surface area contributed by atoms with Crippen LogP contribution in [0.25, 0.3) is 0 Å². The Balaban J connectivity index is 3.36. The molecule has 0 aliphatic carbocycles. The summed E-state index contributed by atoms with van der Waals surface area (Å²) in [6.07, 6.45) is -9.93. The van der Waals surface area contributed by atoms with Crippen molar-refractivity contribution in [2.45, 2.75) is 24.5 Å². The highest BCUT2D eigenvalue weighted by Crippen LogP contribution is 2.35. The van der Waals surface area contributed by atoms with Gasteiger partial charge in [0.1, 0.15) is 11.4 Å². The first-order valence-corrected chi connectivity index (χ1v) is 5.73. The smallest absolute Gasteiger partial charge is 0.404 e. The highest BCUT2D eigenvalue weighted by atomic mass is 79.9. The quantitative estimate of drug-likeness (QED) is 0.669. The minimum atomic E-state index is -5.09. The minimum absolute atomic E-state index is 0.366. The summed E-state index contributed by atoms with van der Waals surface area (Å²) in [5, 5.41) is 8.41. The summed E-state index contributed by atoms with van der Waals surface area (Å²) < 4.78 is 77.5. The molecule has 0 saturated carbocycles. The Labute approximate surface area is 111 Å². The van der Waals surface area contributed by atoms with Crippen LogP contribution in [0.2, 0.25) is 0 Å². The maximum atomic E-state index is 12.6. The fourth-order valence-corrected chi connectivity index (χ4v) is 1.67. The molecule has 0 radical (unpaired) electrons. The molecule has 1 aromatic heterocycles. The van der Waals surface area contributed by atoms with Gasteiger partial charge in [-0.05, 0) is 11.6 Å². The molecular weight excluding hydrogens is 348 g/mol. The molecule has 0 fully saturated rings. The van der Waals surface area contributed by atoms with E-state index in [1.54, 1.807) is 0 Å². The van der Waals surface area contributed by atoms with E-state index in [9.17, 15) is 26.3 Å². The minimum Gasteiger partial charge on any atom is -0.404 e. The normalized spacial score (nSPS) is 12.6. The Morgan fingerprint density at radius 3 is 2.16 bits per heavy atom. The van der Waals surface area contributed by atoms with Crippen LogP contribution < -0.4 is 4.74 Å². The molecule has 0 unspecified atom stereocenters. The second-order valence-electron chi connectivity index (χ2n) is 3.28. The third-order valence-electron chi connectivity index (χ3n) is 1.93. The van der Waals surface area contributed by atoms with E-state index < -0.39 is 41.8 Å². The van der Waals surface area contributed by atoms with Crippen LogP contribution in [0.4, 0.5) is 26.3 Å². The number of rotatable bonds is 3. The van der Waals surface area contributed by atoms with Crippen LogP contribution in [0.15, 0.2) is 6.07 Å². The van der Waals surface area contributed by atoms with E-state index in [0.29, 0.717) is 6.07 Å². The van der Waals surface area contributed by atoms with Crippen LogP contribution in [-0.2, 0) is 18.1 Å². The molecule has 0 aromatic carbocycles. The lowest BCUT2D eigenvalue weighted by atomic mass is 10.1. The van der Waals surface area contributed by atoms with E-state index in [2.05, 4.69) is 25.7 Å². The number of alkyl halides is 7. The zero-order valence-electron chi connectivity index (χ0n) is 8.94. The lowest BCUT2D eigenvalue weighted by Gasteiger charge is -2.16. The van der Waals surface area contributed by atoms with Crippen LogP contribution in [0.1, 0.15) is 17.0 Å². The summed E-state index contributed by atoms with van der Waals surface area (Å²) in [6, 6.07) is 0.545. The molecule has 0 aliphatic heterocycles. The lowest BCUT2D eigenvalue weighted by molar-refractivity contribution is -0.275. The standard InChI is InChI=1S/C9H6BrF6NO2/c10-2-4-1-6(19-9(14,15)16)5(3-18)17-7(4)8(11,12)13/h1,18H,2-3H2. The molecule has 0 aliphatic rings. The molecular formula is C9H6BrF6NO2. The number of aliphatic hydroxyl groups is 1. The van der Waals surface area contributed by atoms with Crippen LogP contribution >= 0.6 is 15.9 Å². The Morgan fingerprint density at radius 1 is 1.21 bits per heavy atom. The molecule has 0 saturated heterocycles. The monoisotopic (exact) mass is 353 g/mol. The van der Waals surface area contributed by atoms with Crippen molar-refractivity contribution in [2.75, 3.05) is 0 Å². The van der Waals surface area contributed by atoms with Crippen molar-refractivity contribution in [3.8, 4) is 5.75 Å². The van der Waals surface area contributed by atoms with Gasteiger partial charge in [0.15, 0.2) is 5.75 Å². The average molecular weight is 354 g/mol. The zero-order valence-corrected chi connectivity index (χ0v) is 10.5. The van der Waals surface area contributed by atoms with E-state index in [4.69, 9.17) is 5.11 Å². The van der Waals surface area contributed by atoms with Crippen molar-refractivity contribution >= 4 is 15.9 Å². The van der Waals surface area contributed by atoms with E-state index in [0.717, 1.165) is 0 Å². The Morgan fingerprint density at radius 2 is 1.79 bits per heavy atom. The van der Waals surface area contributed by atoms with Gasteiger partial charge >= 0.3 is 12.5 Å². The van der Waals surface area contributed by atoms with Gasteiger partial charge in [-0.2, -0.15) is 13.2 Å². The summed E-state index contributed by atoms with van der Waals surface area (Å²) in [4.78, 5) is 2.99. The maximum absolute atomic E-state index is 12.6. The summed E-state index contributed by atoms with van der Waals surface area (Å²) in [5.41, 5.74) is -2.73. The second-order valence-corrected chi connectivity index (χ2v) is 3.84. The van der Waals surface area contributed by atoms with Crippen LogP contribution in [0.5, 0.6) is 5.75 Å². The number of pyridine rings is 1. The van der Waals surface area contributed by atoms with Gasteiger partial charge < -0.3 is 9.84 Å². The first kappa shape index (κ1) is 16.0. The molecule has 0 amide bonds. The molecule has 1 heterocycles. The van der Waals surface area contributed by atoms with Crippen molar-refractivity contribution < 1.29 is 36.2 Å². The molecule has 1 N–H and O–H groups in total. The van der Waals surface area contributed by atoms with Crippen LogP contribution in [-0.4, -0.2) is 16.5 Å². The number of hydrogen-bond acceptors (Lipinski definition) is 3. The van der Waals surface area contributed by atoms with Gasteiger partial charge in [-0.3, -0.25) is 0 Å². The molecule has 1 rings (SSSR count). The largest absolute Gasteiger partial charge is 0.573 e. The Kier molecular flexibility index (Phi) is 4.67. The Bertz CT molecular complexity index is 459. The molecule has 1 aromatic rings. The summed E-state index contributed by atoms with van der Waals surface area (Å²) in [7, 11) is 0. The number of nitrogens with zero attached hydrogens (tertiary/aromatic N) is 1. The zero-order chi connectivity index (χ0) is 14.8. The fraction of sp³-hybridized carbons (Fsp3) is 0.444. The van der Waals surface area contributed by atoms with Crippen molar-refractivity contribution in [3.05, 3.63) is 23.0 Å². The summed E-state index contributed by atoms with van der Waals surface area (Å²) in [5.74, 6) is -0.961. The maximum Gasteiger partial charge on any atom is 0.573 e. The fourth-order valence-electron chi connectivity index (χ4n) is 1.25. The first-order chi connectivity index (χ1) is 8.58. The molecule has 0 atom stereocenters. The molecule has 3 nitrogen and oxygen atoms in total. The molecule has 10 heteroatoms. The number of halogens is 7. The number of ether oxygens (including phenoxy) is 1. The van der Waals surface area contributed by atoms with Gasteiger partial charge in [-0.25, -0.2) is 4.98 Å². The van der Waals surface area contributed by atoms with Gasteiger partial charge in [-0.1, -0.05) is 15.9 Å². The highest BCUT2D eigenvalue weighted by Gasteiger charge is 2.38. The van der Waals surface area contributed by atoms with E-state index in [1.165, 1.54) is 0 Å². The predicted octanol–water partition coefficient (Wildman–Crippen LogP) is 3.39. The van der Waals surface area contributed by atoms with Gasteiger partial charge in [0, 0.05) is 5.33 Å². The Hall–Kier alpha value is -1.03. The summed E-state index contributed by atoms with van der Waals surface area (Å²) >= 11 is 2.72. The topological polar surface area (TPSA) is 42.4 Å². The SMILES string of the molecule is OCc1nc(C(F)(F)F)c(CBr)cc1OC(F)(F)F. The summed E-state index contributed by atoms with van der Waals surface area (Å²) in [6.45, 7) is -1.11.